The number of aryl methyl sites for hydroxylation is 2. The molecule has 3 heteroatoms. The fourth-order valence-electron chi connectivity index (χ4n) is 2.55. The molecule has 1 fully saturated rings. The van der Waals surface area contributed by atoms with Crippen LogP contribution in [0.15, 0.2) is 12.3 Å². The van der Waals surface area contributed by atoms with E-state index in [1.165, 1.54) is 25.0 Å². The molecule has 1 aliphatic rings. The van der Waals surface area contributed by atoms with Gasteiger partial charge in [-0.2, -0.15) is 5.10 Å². The van der Waals surface area contributed by atoms with Crippen LogP contribution < -0.4 is 5.32 Å². The molecule has 1 N–H and O–H groups in total. The maximum absolute atomic E-state index is 4.39. The average Bonchev–Trinajstić information content (AvgIpc) is 3.07. The zero-order valence-corrected chi connectivity index (χ0v) is 11.2. The van der Waals surface area contributed by atoms with E-state index in [1.54, 1.807) is 0 Å². The lowest BCUT2D eigenvalue weighted by Crippen LogP contribution is -2.31. The van der Waals surface area contributed by atoms with Crippen LogP contribution in [0, 0.1) is 5.92 Å². The van der Waals surface area contributed by atoms with Gasteiger partial charge in [0.1, 0.15) is 0 Å². The molecule has 96 valence electrons. The molecule has 0 amide bonds. The summed E-state index contributed by atoms with van der Waals surface area (Å²) >= 11 is 0. The van der Waals surface area contributed by atoms with E-state index in [0.717, 1.165) is 37.9 Å². The van der Waals surface area contributed by atoms with Gasteiger partial charge in [0.05, 0.1) is 0 Å². The Hall–Kier alpha value is -0.830. The smallest absolute Gasteiger partial charge is 0.0492 e. The third kappa shape index (κ3) is 3.56. The third-order valence-electron chi connectivity index (χ3n) is 3.61. The molecule has 1 heterocycles. The number of rotatable bonds is 8. The zero-order chi connectivity index (χ0) is 12.1. The van der Waals surface area contributed by atoms with Crippen molar-refractivity contribution in [3.63, 3.8) is 0 Å². The molecule has 2 rings (SSSR count). The van der Waals surface area contributed by atoms with Crippen molar-refractivity contribution in [1.82, 2.24) is 15.1 Å². The van der Waals surface area contributed by atoms with Crippen LogP contribution in [0.1, 0.15) is 45.2 Å². The Morgan fingerprint density at radius 2 is 2.29 bits per heavy atom. The summed E-state index contributed by atoms with van der Waals surface area (Å²) in [4.78, 5) is 0. The lowest BCUT2D eigenvalue weighted by atomic mass is 10.1. The van der Waals surface area contributed by atoms with Crippen molar-refractivity contribution < 1.29 is 0 Å². The molecule has 0 radical (unpaired) electrons. The predicted octanol–water partition coefficient (Wildman–Crippen LogP) is 2.61. The lowest BCUT2D eigenvalue weighted by Gasteiger charge is -2.17. The molecule has 1 unspecified atom stereocenters. The highest BCUT2D eigenvalue weighted by Crippen LogP contribution is 2.34. The standard InChI is InChI=1S/C14H25N3/c1-3-11-17-13(9-10-16-17)7-8-14(15-4-2)12-5-6-12/h9-10,12,14-15H,3-8,11H2,1-2H3. The Bertz CT molecular complexity index is 328. The highest BCUT2D eigenvalue weighted by molar-refractivity contribution is 5.02. The highest BCUT2D eigenvalue weighted by Gasteiger charge is 2.30. The van der Waals surface area contributed by atoms with Gasteiger partial charge in [0.2, 0.25) is 0 Å². The van der Waals surface area contributed by atoms with Crippen molar-refractivity contribution >= 4 is 0 Å². The second kappa shape index (κ2) is 6.20. The van der Waals surface area contributed by atoms with Crippen LogP contribution in [0.3, 0.4) is 0 Å². The molecular weight excluding hydrogens is 210 g/mol. The zero-order valence-electron chi connectivity index (χ0n) is 11.2. The van der Waals surface area contributed by atoms with Crippen LogP contribution in [-0.2, 0) is 13.0 Å². The van der Waals surface area contributed by atoms with Gasteiger partial charge in [-0.15, -0.1) is 0 Å². The van der Waals surface area contributed by atoms with E-state index in [-0.39, 0.29) is 0 Å². The lowest BCUT2D eigenvalue weighted by molar-refractivity contribution is 0.437. The van der Waals surface area contributed by atoms with E-state index in [2.05, 4.69) is 35.0 Å². The minimum atomic E-state index is 0.727. The molecule has 1 saturated carbocycles. The number of hydrogen-bond acceptors (Lipinski definition) is 2. The van der Waals surface area contributed by atoms with Crippen molar-refractivity contribution in [3.05, 3.63) is 18.0 Å². The van der Waals surface area contributed by atoms with Crippen molar-refractivity contribution in [1.29, 1.82) is 0 Å². The van der Waals surface area contributed by atoms with E-state index in [4.69, 9.17) is 0 Å². The highest BCUT2D eigenvalue weighted by atomic mass is 15.3. The van der Waals surface area contributed by atoms with Gasteiger partial charge in [-0.25, -0.2) is 0 Å². The van der Waals surface area contributed by atoms with E-state index in [9.17, 15) is 0 Å². The quantitative estimate of drug-likeness (QED) is 0.750. The van der Waals surface area contributed by atoms with Gasteiger partial charge in [0.15, 0.2) is 0 Å². The average molecular weight is 235 g/mol. The summed E-state index contributed by atoms with van der Waals surface area (Å²) in [5, 5.41) is 8.02. The van der Waals surface area contributed by atoms with Crippen LogP contribution in [0.2, 0.25) is 0 Å². The van der Waals surface area contributed by atoms with Crippen LogP contribution in [0.4, 0.5) is 0 Å². The maximum Gasteiger partial charge on any atom is 0.0492 e. The normalized spacial score (nSPS) is 17.3. The summed E-state index contributed by atoms with van der Waals surface area (Å²) in [7, 11) is 0. The molecule has 0 saturated heterocycles. The Kier molecular flexibility index (Phi) is 4.60. The van der Waals surface area contributed by atoms with Gasteiger partial charge in [-0.1, -0.05) is 13.8 Å². The maximum atomic E-state index is 4.39. The molecule has 0 bridgehead atoms. The minimum Gasteiger partial charge on any atom is -0.314 e. The van der Waals surface area contributed by atoms with E-state index >= 15 is 0 Å². The SMILES string of the molecule is CCCn1nccc1CCC(NCC)C1CC1. The number of nitrogens with zero attached hydrogens (tertiary/aromatic N) is 2. The van der Waals surface area contributed by atoms with Gasteiger partial charge in [0.25, 0.3) is 0 Å². The summed E-state index contributed by atoms with van der Waals surface area (Å²) in [6.07, 6.45) is 8.36. The first-order valence-corrected chi connectivity index (χ1v) is 7.09. The summed E-state index contributed by atoms with van der Waals surface area (Å²) in [6, 6.07) is 2.90. The fourth-order valence-corrected chi connectivity index (χ4v) is 2.55. The molecule has 1 aromatic rings. The molecular formula is C14H25N3. The van der Waals surface area contributed by atoms with Crippen molar-refractivity contribution in [3.8, 4) is 0 Å². The first kappa shape index (κ1) is 12.6. The van der Waals surface area contributed by atoms with Crippen LogP contribution >= 0.6 is 0 Å². The summed E-state index contributed by atoms with van der Waals surface area (Å²) in [5.74, 6) is 0.942. The second-order valence-corrected chi connectivity index (χ2v) is 5.09. The molecule has 17 heavy (non-hydrogen) atoms. The summed E-state index contributed by atoms with van der Waals surface area (Å²) in [6.45, 7) is 6.56. The molecule has 1 aromatic heterocycles. The van der Waals surface area contributed by atoms with Crippen LogP contribution in [-0.4, -0.2) is 22.4 Å². The second-order valence-electron chi connectivity index (χ2n) is 5.09. The summed E-state index contributed by atoms with van der Waals surface area (Å²) < 4.78 is 2.16. The van der Waals surface area contributed by atoms with Gasteiger partial charge in [-0.05, 0) is 50.6 Å². The van der Waals surface area contributed by atoms with Crippen LogP contribution in [0.25, 0.3) is 0 Å². The minimum absolute atomic E-state index is 0.727. The Morgan fingerprint density at radius 3 is 2.94 bits per heavy atom. The Labute approximate surface area is 105 Å². The van der Waals surface area contributed by atoms with E-state index < -0.39 is 0 Å². The van der Waals surface area contributed by atoms with E-state index in [0.29, 0.717) is 0 Å². The molecule has 0 spiro atoms. The Morgan fingerprint density at radius 1 is 1.47 bits per heavy atom. The van der Waals surface area contributed by atoms with Gasteiger partial charge < -0.3 is 5.32 Å². The Balaban J connectivity index is 1.84. The van der Waals surface area contributed by atoms with Gasteiger partial charge >= 0.3 is 0 Å². The van der Waals surface area contributed by atoms with Gasteiger partial charge in [0, 0.05) is 24.5 Å². The van der Waals surface area contributed by atoms with Crippen molar-refractivity contribution in [2.24, 2.45) is 5.92 Å². The van der Waals surface area contributed by atoms with Crippen molar-refractivity contribution in [2.75, 3.05) is 6.54 Å². The van der Waals surface area contributed by atoms with Crippen molar-refractivity contribution in [2.45, 2.75) is 58.5 Å². The van der Waals surface area contributed by atoms with Gasteiger partial charge in [-0.3, -0.25) is 4.68 Å². The summed E-state index contributed by atoms with van der Waals surface area (Å²) in [5.41, 5.74) is 1.40. The fraction of sp³-hybridized carbons (Fsp3) is 0.786. The molecule has 1 atom stereocenters. The molecule has 0 aliphatic heterocycles. The third-order valence-corrected chi connectivity index (χ3v) is 3.61. The largest absolute Gasteiger partial charge is 0.314 e. The number of aromatic nitrogens is 2. The predicted molar refractivity (Wildman–Crippen MR) is 71.0 cm³/mol. The topological polar surface area (TPSA) is 29.9 Å². The monoisotopic (exact) mass is 235 g/mol. The first-order chi connectivity index (χ1) is 8.35. The number of nitrogens with one attached hydrogen (secondary N) is 1. The molecule has 1 aliphatic carbocycles. The first-order valence-electron chi connectivity index (χ1n) is 7.09. The van der Waals surface area contributed by atoms with Crippen LogP contribution in [0.5, 0.6) is 0 Å². The molecule has 0 aromatic carbocycles. The number of hydrogen-bond donors (Lipinski definition) is 1. The molecule has 3 nitrogen and oxygen atoms in total. The van der Waals surface area contributed by atoms with E-state index in [1.807, 2.05) is 6.20 Å².